The highest BCUT2D eigenvalue weighted by Crippen LogP contribution is 2.30. The van der Waals surface area contributed by atoms with Crippen LogP contribution >= 0.6 is 15.9 Å². The fourth-order valence-corrected chi connectivity index (χ4v) is 3.66. The first-order valence-corrected chi connectivity index (χ1v) is 10.9. The number of hydrogen-bond acceptors (Lipinski definition) is 4. The number of ether oxygens (including phenoxy) is 2. The first-order valence-electron chi connectivity index (χ1n) is 10.2. The van der Waals surface area contributed by atoms with Crippen molar-refractivity contribution in [3.63, 3.8) is 0 Å². The molecule has 1 saturated carbocycles. The molecular weight excluding hydrogens is 444 g/mol. The normalized spacial score (nSPS) is 14.2. The van der Waals surface area contributed by atoms with E-state index in [1.165, 1.54) is 0 Å². The maximum atomic E-state index is 12.4. The van der Waals surface area contributed by atoms with E-state index in [1.807, 2.05) is 43.3 Å². The molecule has 1 aliphatic carbocycles. The zero-order valence-corrected chi connectivity index (χ0v) is 18.6. The van der Waals surface area contributed by atoms with Crippen LogP contribution in [0.25, 0.3) is 6.08 Å². The van der Waals surface area contributed by atoms with Gasteiger partial charge in [0.1, 0.15) is 18.2 Å². The molecule has 3 rings (SSSR count). The average Bonchev–Trinajstić information content (AvgIpc) is 3.25. The number of hydrogen-bond donors (Lipinski definition) is 1. The Hall–Kier alpha value is -2.78. The van der Waals surface area contributed by atoms with Crippen molar-refractivity contribution in [1.82, 2.24) is 5.32 Å². The second-order valence-corrected chi connectivity index (χ2v) is 8.09. The Bertz CT molecular complexity index is 942. The van der Waals surface area contributed by atoms with Crippen LogP contribution in [0, 0.1) is 11.3 Å². The Morgan fingerprint density at radius 1 is 1.17 bits per heavy atom. The number of benzene rings is 2. The molecule has 0 bridgehead atoms. The average molecular weight is 469 g/mol. The lowest BCUT2D eigenvalue weighted by Crippen LogP contribution is -2.33. The molecule has 2 aromatic carbocycles. The summed E-state index contributed by atoms with van der Waals surface area (Å²) in [7, 11) is 0. The van der Waals surface area contributed by atoms with Crippen LogP contribution < -0.4 is 14.8 Å². The van der Waals surface area contributed by atoms with Crippen molar-refractivity contribution < 1.29 is 14.3 Å². The Morgan fingerprint density at radius 2 is 1.90 bits per heavy atom. The molecule has 0 spiro atoms. The molecule has 0 saturated heterocycles. The van der Waals surface area contributed by atoms with Gasteiger partial charge in [-0.3, -0.25) is 4.79 Å². The SMILES string of the molecule is CCOc1cc(/C=C(/C#N)C(=O)NC2CCCC2)ccc1OCc1ccc(Br)cc1. The molecule has 30 heavy (non-hydrogen) atoms. The number of nitrogens with one attached hydrogen (secondary N) is 1. The number of nitriles is 1. The second-order valence-electron chi connectivity index (χ2n) is 7.18. The summed E-state index contributed by atoms with van der Waals surface area (Å²) in [5, 5.41) is 12.4. The zero-order chi connectivity index (χ0) is 21.3. The minimum Gasteiger partial charge on any atom is -0.490 e. The van der Waals surface area contributed by atoms with Gasteiger partial charge in [-0.2, -0.15) is 5.26 Å². The van der Waals surface area contributed by atoms with E-state index in [9.17, 15) is 10.1 Å². The molecule has 1 fully saturated rings. The molecule has 5 nitrogen and oxygen atoms in total. The summed E-state index contributed by atoms with van der Waals surface area (Å²) >= 11 is 3.42. The standard InChI is InChI=1S/C24H25BrN2O3/c1-2-29-23-14-18(13-19(15-26)24(28)27-21-5-3-4-6-21)9-12-22(23)30-16-17-7-10-20(25)11-8-17/h7-14,21H,2-6,16H2,1H3,(H,27,28)/b19-13-. The lowest BCUT2D eigenvalue weighted by atomic mass is 10.1. The van der Waals surface area contributed by atoms with Gasteiger partial charge in [-0.15, -0.1) is 0 Å². The van der Waals surface area contributed by atoms with Gasteiger partial charge in [0.2, 0.25) is 0 Å². The summed E-state index contributed by atoms with van der Waals surface area (Å²) in [4.78, 5) is 12.4. The molecule has 0 atom stereocenters. The predicted molar refractivity (Wildman–Crippen MR) is 120 cm³/mol. The molecule has 0 aromatic heterocycles. The van der Waals surface area contributed by atoms with Crippen molar-refractivity contribution in [3.8, 4) is 17.6 Å². The highest BCUT2D eigenvalue weighted by atomic mass is 79.9. The Morgan fingerprint density at radius 3 is 2.57 bits per heavy atom. The molecule has 0 radical (unpaired) electrons. The highest BCUT2D eigenvalue weighted by Gasteiger charge is 2.19. The first-order chi connectivity index (χ1) is 14.6. The van der Waals surface area contributed by atoms with Crippen LogP contribution in [0.1, 0.15) is 43.7 Å². The highest BCUT2D eigenvalue weighted by molar-refractivity contribution is 9.10. The molecule has 6 heteroatoms. The van der Waals surface area contributed by atoms with Crippen LogP contribution in [0.5, 0.6) is 11.5 Å². The Labute approximate surface area is 185 Å². The van der Waals surface area contributed by atoms with Crippen molar-refractivity contribution in [2.75, 3.05) is 6.61 Å². The second kappa shape index (κ2) is 10.8. The third-order valence-corrected chi connectivity index (χ3v) is 5.47. The van der Waals surface area contributed by atoms with Gasteiger partial charge in [0.25, 0.3) is 5.91 Å². The fourth-order valence-electron chi connectivity index (χ4n) is 3.39. The molecular formula is C24H25BrN2O3. The van der Waals surface area contributed by atoms with Crippen molar-refractivity contribution >= 4 is 27.9 Å². The maximum absolute atomic E-state index is 12.4. The van der Waals surface area contributed by atoms with Gasteiger partial charge in [0.15, 0.2) is 11.5 Å². The maximum Gasteiger partial charge on any atom is 0.262 e. The summed E-state index contributed by atoms with van der Waals surface area (Å²) in [6.07, 6.45) is 5.78. The molecule has 156 valence electrons. The third kappa shape index (κ3) is 6.11. The molecule has 2 aromatic rings. The number of nitrogens with zero attached hydrogens (tertiary/aromatic N) is 1. The van der Waals surface area contributed by atoms with E-state index in [-0.39, 0.29) is 17.5 Å². The fraction of sp³-hybridized carbons (Fsp3) is 0.333. The minimum absolute atomic E-state index is 0.0906. The molecule has 0 aliphatic heterocycles. The van der Waals surface area contributed by atoms with E-state index in [2.05, 4.69) is 21.2 Å². The van der Waals surface area contributed by atoms with Gasteiger partial charge < -0.3 is 14.8 Å². The number of amides is 1. The number of rotatable bonds is 8. The smallest absolute Gasteiger partial charge is 0.262 e. The third-order valence-electron chi connectivity index (χ3n) is 4.94. The molecule has 1 N–H and O–H groups in total. The Balaban J connectivity index is 1.73. The summed E-state index contributed by atoms with van der Waals surface area (Å²) < 4.78 is 12.7. The van der Waals surface area contributed by atoms with Crippen molar-refractivity contribution in [1.29, 1.82) is 5.26 Å². The largest absolute Gasteiger partial charge is 0.490 e. The number of halogens is 1. The van der Waals surface area contributed by atoms with Crippen LogP contribution in [0.3, 0.4) is 0 Å². The van der Waals surface area contributed by atoms with Crippen LogP contribution in [0.2, 0.25) is 0 Å². The number of carbonyl (C=O) groups is 1. The molecule has 0 unspecified atom stereocenters. The van der Waals surface area contributed by atoms with E-state index < -0.39 is 0 Å². The van der Waals surface area contributed by atoms with Crippen molar-refractivity contribution in [2.24, 2.45) is 0 Å². The van der Waals surface area contributed by atoms with Crippen LogP contribution in [-0.2, 0) is 11.4 Å². The minimum atomic E-state index is -0.321. The topological polar surface area (TPSA) is 71.3 Å². The van der Waals surface area contributed by atoms with E-state index in [0.29, 0.717) is 30.3 Å². The lowest BCUT2D eigenvalue weighted by Gasteiger charge is -2.13. The van der Waals surface area contributed by atoms with Gasteiger partial charge in [-0.1, -0.05) is 47.0 Å². The predicted octanol–water partition coefficient (Wildman–Crippen LogP) is 5.39. The summed E-state index contributed by atoms with van der Waals surface area (Å²) in [6.45, 7) is 2.79. The van der Waals surface area contributed by atoms with Gasteiger partial charge in [-0.25, -0.2) is 0 Å². The van der Waals surface area contributed by atoms with Gasteiger partial charge in [0.05, 0.1) is 6.61 Å². The van der Waals surface area contributed by atoms with E-state index in [1.54, 1.807) is 18.2 Å². The van der Waals surface area contributed by atoms with E-state index in [4.69, 9.17) is 9.47 Å². The first kappa shape index (κ1) is 21.9. The lowest BCUT2D eigenvalue weighted by molar-refractivity contribution is -0.117. The molecule has 1 aliphatic rings. The van der Waals surface area contributed by atoms with Gasteiger partial charge >= 0.3 is 0 Å². The van der Waals surface area contributed by atoms with Crippen LogP contribution in [0.15, 0.2) is 52.5 Å². The monoisotopic (exact) mass is 468 g/mol. The quantitative estimate of drug-likeness (QED) is 0.416. The van der Waals surface area contributed by atoms with Gasteiger partial charge in [-0.05, 0) is 61.2 Å². The van der Waals surface area contributed by atoms with E-state index in [0.717, 1.165) is 35.7 Å². The Kier molecular flexibility index (Phi) is 7.92. The van der Waals surface area contributed by atoms with Crippen molar-refractivity contribution in [2.45, 2.75) is 45.3 Å². The van der Waals surface area contributed by atoms with Crippen LogP contribution in [0.4, 0.5) is 0 Å². The summed E-state index contributed by atoms with van der Waals surface area (Å²) in [6, 6.07) is 15.5. The van der Waals surface area contributed by atoms with E-state index >= 15 is 0 Å². The molecule has 0 heterocycles. The summed E-state index contributed by atoms with van der Waals surface area (Å²) in [5.74, 6) is 0.876. The van der Waals surface area contributed by atoms with Crippen LogP contribution in [-0.4, -0.2) is 18.6 Å². The summed E-state index contributed by atoms with van der Waals surface area (Å²) in [5.41, 5.74) is 1.85. The van der Waals surface area contributed by atoms with Gasteiger partial charge in [0, 0.05) is 10.5 Å². The van der Waals surface area contributed by atoms with Crippen molar-refractivity contribution in [3.05, 3.63) is 63.6 Å². The zero-order valence-electron chi connectivity index (χ0n) is 17.0. The number of carbonyl (C=O) groups excluding carboxylic acids is 1. The molecule has 1 amide bonds.